The van der Waals surface area contributed by atoms with E-state index in [9.17, 15) is 4.79 Å². The van der Waals surface area contributed by atoms with Gasteiger partial charge in [-0.2, -0.15) is 0 Å². The van der Waals surface area contributed by atoms with Gasteiger partial charge in [0.15, 0.2) is 0 Å². The fourth-order valence-corrected chi connectivity index (χ4v) is 2.48. The minimum atomic E-state index is -0.0817. The highest BCUT2D eigenvalue weighted by Gasteiger charge is 2.24. The molecule has 2 aromatic heterocycles. The highest BCUT2D eigenvalue weighted by Crippen LogP contribution is 2.16. The molecule has 3 heterocycles. The Morgan fingerprint density at radius 1 is 1.00 bits per heavy atom. The smallest absolute Gasteiger partial charge is 0.257 e. The van der Waals surface area contributed by atoms with Crippen molar-refractivity contribution in [2.75, 3.05) is 31.1 Å². The maximum atomic E-state index is 12.4. The summed E-state index contributed by atoms with van der Waals surface area (Å²) in [5.74, 6) is 0.616. The number of carbonyl (C=O) groups is 1. The van der Waals surface area contributed by atoms with Gasteiger partial charge in [-0.3, -0.25) is 4.79 Å². The van der Waals surface area contributed by atoms with Crippen LogP contribution in [0, 0.1) is 0 Å². The molecule has 1 aliphatic heterocycles. The zero-order chi connectivity index (χ0) is 14.7. The van der Waals surface area contributed by atoms with Gasteiger partial charge in [0.2, 0.25) is 5.95 Å². The molecule has 1 aliphatic rings. The third-order valence-corrected chi connectivity index (χ3v) is 3.69. The van der Waals surface area contributed by atoms with Gasteiger partial charge in [-0.25, -0.2) is 15.0 Å². The molecule has 0 bridgehead atoms. The number of aromatic nitrogens is 3. The summed E-state index contributed by atoms with van der Waals surface area (Å²) in [5.41, 5.74) is 0.448. The van der Waals surface area contributed by atoms with Crippen LogP contribution in [-0.4, -0.2) is 51.9 Å². The van der Waals surface area contributed by atoms with Gasteiger partial charge in [0.25, 0.3) is 5.91 Å². The van der Waals surface area contributed by atoms with E-state index in [0.717, 1.165) is 0 Å². The first kappa shape index (κ1) is 13.8. The lowest BCUT2D eigenvalue weighted by Crippen LogP contribution is -2.49. The number of hydrogen-bond donors (Lipinski definition) is 0. The molecule has 6 nitrogen and oxygen atoms in total. The molecule has 1 saturated heterocycles. The van der Waals surface area contributed by atoms with Crippen molar-refractivity contribution in [2.24, 2.45) is 0 Å². The molecule has 2 aromatic rings. The summed E-state index contributed by atoms with van der Waals surface area (Å²) in [6.07, 6.45) is 5.01. The minimum absolute atomic E-state index is 0.0817. The van der Waals surface area contributed by atoms with Crippen LogP contribution in [0.3, 0.4) is 0 Å². The molecule has 108 valence electrons. The quantitative estimate of drug-likeness (QED) is 0.787. The van der Waals surface area contributed by atoms with Crippen molar-refractivity contribution in [2.45, 2.75) is 0 Å². The number of rotatable bonds is 2. The molecule has 1 fully saturated rings. The molecule has 0 N–H and O–H groups in total. The Morgan fingerprint density at radius 3 is 2.33 bits per heavy atom. The molecule has 0 atom stereocenters. The highest BCUT2D eigenvalue weighted by molar-refractivity contribution is 6.32. The van der Waals surface area contributed by atoms with Gasteiger partial charge in [0.1, 0.15) is 5.15 Å². The number of nitrogens with zero attached hydrogens (tertiary/aromatic N) is 5. The van der Waals surface area contributed by atoms with E-state index < -0.39 is 0 Å². The first-order valence-corrected chi connectivity index (χ1v) is 7.05. The van der Waals surface area contributed by atoms with E-state index in [2.05, 4.69) is 19.9 Å². The topological polar surface area (TPSA) is 62.2 Å². The fourth-order valence-electron chi connectivity index (χ4n) is 2.28. The number of carbonyl (C=O) groups excluding carboxylic acids is 1. The molecule has 1 amide bonds. The molecule has 0 aliphatic carbocycles. The van der Waals surface area contributed by atoms with Crippen LogP contribution in [0.5, 0.6) is 0 Å². The summed E-state index contributed by atoms with van der Waals surface area (Å²) < 4.78 is 0. The van der Waals surface area contributed by atoms with Crippen LogP contribution in [0.15, 0.2) is 36.8 Å². The number of amides is 1. The Balaban J connectivity index is 1.66. The summed E-state index contributed by atoms with van der Waals surface area (Å²) in [7, 11) is 0. The standard InChI is InChI=1S/C14H14ClN5O/c15-12-11(3-1-4-16-12)13(21)19-7-9-20(10-8-19)14-17-5-2-6-18-14/h1-6H,7-10H2. The van der Waals surface area contributed by atoms with Crippen molar-refractivity contribution in [1.29, 1.82) is 0 Å². The lowest BCUT2D eigenvalue weighted by Gasteiger charge is -2.34. The van der Waals surface area contributed by atoms with Crippen molar-refractivity contribution < 1.29 is 4.79 Å². The predicted molar refractivity (Wildman–Crippen MR) is 79.4 cm³/mol. The summed E-state index contributed by atoms with van der Waals surface area (Å²) in [6, 6.07) is 5.20. The number of halogens is 1. The number of piperazine rings is 1. The Hall–Kier alpha value is -2.21. The monoisotopic (exact) mass is 303 g/mol. The van der Waals surface area contributed by atoms with Crippen LogP contribution in [-0.2, 0) is 0 Å². The van der Waals surface area contributed by atoms with Crippen molar-refractivity contribution in [3.63, 3.8) is 0 Å². The lowest BCUT2D eigenvalue weighted by atomic mass is 10.2. The second-order valence-electron chi connectivity index (χ2n) is 4.67. The second-order valence-corrected chi connectivity index (χ2v) is 5.03. The summed E-state index contributed by atoms with van der Waals surface area (Å²) >= 11 is 5.97. The van der Waals surface area contributed by atoms with E-state index in [1.54, 1.807) is 41.7 Å². The number of pyridine rings is 1. The molecule has 21 heavy (non-hydrogen) atoms. The van der Waals surface area contributed by atoms with E-state index in [0.29, 0.717) is 37.7 Å². The molecule has 0 saturated carbocycles. The summed E-state index contributed by atoms with van der Waals surface area (Å²) in [4.78, 5) is 28.7. The van der Waals surface area contributed by atoms with Gasteiger partial charge >= 0.3 is 0 Å². The fraction of sp³-hybridized carbons (Fsp3) is 0.286. The Labute approximate surface area is 127 Å². The van der Waals surface area contributed by atoms with Crippen LogP contribution in [0.4, 0.5) is 5.95 Å². The lowest BCUT2D eigenvalue weighted by molar-refractivity contribution is 0.0746. The van der Waals surface area contributed by atoms with Crippen molar-refractivity contribution in [1.82, 2.24) is 19.9 Å². The Morgan fingerprint density at radius 2 is 1.67 bits per heavy atom. The molecule has 0 aromatic carbocycles. The van der Waals surface area contributed by atoms with Gasteiger partial charge < -0.3 is 9.80 Å². The van der Waals surface area contributed by atoms with Gasteiger partial charge in [0.05, 0.1) is 5.56 Å². The molecule has 0 radical (unpaired) electrons. The highest BCUT2D eigenvalue weighted by atomic mass is 35.5. The van der Waals surface area contributed by atoms with Gasteiger partial charge in [-0.15, -0.1) is 0 Å². The van der Waals surface area contributed by atoms with Gasteiger partial charge in [0, 0.05) is 44.8 Å². The van der Waals surface area contributed by atoms with Crippen LogP contribution in [0.25, 0.3) is 0 Å². The van der Waals surface area contributed by atoms with Crippen molar-refractivity contribution in [3.8, 4) is 0 Å². The molecule has 3 rings (SSSR count). The largest absolute Gasteiger partial charge is 0.337 e. The third-order valence-electron chi connectivity index (χ3n) is 3.39. The first-order chi connectivity index (χ1) is 10.3. The average Bonchev–Trinajstić information content (AvgIpc) is 2.56. The minimum Gasteiger partial charge on any atom is -0.337 e. The van der Waals surface area contributed by atoms with Crippen LogP contribution in [0.1, 0.15) is 10.4 Å². The second kappa shape index (κ2) is 6.05. The SMILES string of the molecule is O=C(c1cccnc1Cl)N1CCN(c2ncccn2)CC1. The maximum absolute atomic E-state index is 12.4. The van der Waals surface area contributed by atoms with E-state index in [-0.39, 0.29) is 11.1 Å². The van der Waals surface area contributed by atoms with Gasteiger partial charge in [-0.1, -0.05) is 11.6 Å². The third kappa shape index (κ3) is 2.95. The predicted octanol–water partition coefficient (Wildman–Crippen LogP) is 1.49. The molecule has 0 unspecified atom stereocenters. The van der Waals surface area contributed by atoms with E-state index in [1.165, 1.54) is 0 Å². The van der Waals surface area contributed by atoms with Gasteiger partial charge in [-0.05, 0) is 18.2 Å². The Kier molecular flexibility index (Phi) is 3.96. The average molecular weight is 304 g/mol. The van der Waals surface area contributed by atoms with E-state index in [4.69, 9.17) is 11.6 Å². The number of hydrogen-bond acceptors (Lipinski definition) is 5. The van der Waals surface area contributed by atoms with Crippen LogP contribution in [0.2, 0.25) is 5.15 Å². The van der Waals surface area contributed by atoms with E-state index in [1.807, 2.05) is 0 Å². The van der Waals surface area contributed by atoms with Crippen molar-refractivity contribution >= 4 is 23.5 Å². The summed E-state index contributed by atoms with van der Waals surface area (Å²) in [6.45, 7) is 2.63. The molecular formula is C14H14ClN5O. The zero-order valence-corrected chi connectivity index (χ0v) is 12.1. The number of anilines is 1. The molecule has 0 spiro atoms. The molecule has 7 heteroatoms. The first-order valence-electron chi connectivity index (χ1n) is 6.67. The van der Waals surface area contributed by atoms with E-state index >= 15 is 0 Å². The van der Waals surface area contributed by atoms with Crippen LogP contribution < -0.4 is 4.90 Å². The zero-order valence-electron chi connectivity index (χ0n) is 11.3. The van der Waals surface area contributed by atoms with Crippen molar-refractivity contribution in [3.05, 3.63) is 47.5 Å². The summed E-state index contributed by atoms with van der Waals surface area (Å²) in [5, 5.41) is 0.247. The Bertz CT molecular complexity index is 628. The normalized spacial score (nSPS) is 15.1. The molecular weight excluding hydrogens is 290 g/mol. The maximum Gasteiger partial charge on any atom is 0.257 e. The van der Waals surface area contributed by atoms with Crippen LogP contribution >= 0.6 is 11.6 Å².